The van der Waals surface area contributed by atoms with E-state index in [9.17, 15) is 0 Å². The lowest BCUT2D eigenvalue weighted by Gasteiger charge is -2.05. The van der Waals surface area contributed by atoms with Crippen LogP contribution in [0.2, 0.25) is 0 Å². The monoisotopic (exact) mass is 287 g/mol. The molecule has 1 aliphatic heterocycles. The van der Waals surface area contributed by atoms with Crippen LogP contribution < -0.4 is 10.1 Å². The van der Waals surface area contributed by atoms with Crippen LogP contribution in [0.3, 0.4) is 0 Å². The van der Waals surface area contributed by atoms with Crippen molar-refractivity contribution in [2.24, 2.45) is 0 Å². The minimum atomic E-state index is 0.0510. The summed E-state index contributed by atoms with van der Waals surface area (Å²) in [5.74, 6) is 0.990. The van der Waals surface area contributed by atoms with Crippen molar-refractivity contribution in [2.75, 3.05) is 6.54 Å². The fourth-order valence-corrected chi connectivity index (χ4v) is 3.36. The first-order valence-corrected chi connectivity index (χ1v) is 8.00. The van der Waals surface area contributed by atoms with E-state index in [4.69, 9.17) is 4.74 Å². The maximum absolute atomic E-state index is 5.95. The van der Waals surface area contributed by atoms with Crippen LogP contribution in [0.1, 0.15) is 34.5 Å². The molecular weight excluding hydrogens is 270 g/mol. The third kappa shape index (κ3) is 2.55. The summed E-state index contributed by atoms with van der Waals surface area (Å²) in [6.45, 7) is 1.01. The number of aromatic nitrogens is 2. The lowest BCUT2D eigenvalue weighted by Crippen LogP contribution is -2.19. The van der Waals surface area contributed by atoms with E-state index in [2.05, 4.69) is 27.6 Å². The van der Waals surface area contributed by atoms with Crippen LogP contribution in [0.5, 0.6) is 5.75 Å². The van der Waals surface area contributed by atoms with Gasteiger partial charge in [0, 0.05) is 25.4 Å². The van der Waals surface area contributed by atoms with Gasteiger partial charge in [-0.3, -0.25) is 0 Å². The summed E-state index contributed by atoms with van der Waals surface area (Å²) in [5, 5.41) is 14.2. The Balaban J connectivity index is 1.38. The second kappa shape index (κ2) is 5.14. The molecule has 5 heteroatoms. The summed E-state index contributed by atoms with van der Waals surface area (Å²) in [4.78, 5) is 0. The van der Waals surface area contributed by atoms with Gasteiger partial charge in [-0.2, -0.15) is 0 Å². The van der Waals surface area contributed by atoms with Gasteiger partial charge >= 0.3 is 0 Å². The number of nitrogens with one attached hydrogen (secondary N) is 1. The third-order valence-electron chi connectivity index (χ3n) is 3.75. The Labute approximate surface area is 122 Å². The van der Waals surface area contributed by atoms with Crippen molar-refractivity contribution < 1.29 is 4.74 Å². The van der Waals surface area contributed by atoms with Gasteiger partial charge in [0.1, 0.15) is 10.8 Å². The molecule has 20 heavy (non-hydrogen) atoms. The number of fused-ring (bicyclic) bond motifs is 1. The first-order chi connectivity index (χ1) is 9.88. The lowest BCUT2D eigenvalue weighted by molar-refractivity contribution is 0.237. The van der Waals surface area contributed by atoms with Crippen LogP contribution in [0.4, 0.5) is 0 Å². The normalized spacial score (nSPS) is 20.7. The molecule has 1 aromatic heterocycles. The smallest absolute Gasteiger partial charge is 0.158 e. The molecule has 2 aliphatic rings. The number of rotatable bonds is 5. The molecule has 1 N–H and O–H groups in total. The zero-order valence-corrected chi connectivity index (χ0v) is 12.0. The summed E-state index contributed by atoms with van der Waals surface area (Å²) in [7, 11) is 0. The van der Waals surface area contributed by atoms with Gasteiger partial charge in [0.05, 0.1) is 0 Å². The summed E-state index contributed by atoms with van der Waals surface area (Å²) < 4.78 is 5.95. The van der Waals surface area contributed by atoms with Crippen molar-refractivity contribution in [3.05, 3.63) is 39.8 Å². The van der Waals surface area contributed by atoms with Crippen LogP contribution in [0.25, 0.3) is 0 Å². The van der Waals surface area contributed by atoms with Gasteiger partial charge < -0.3 is 10.1 Å². The second-order valence-electron chi connectivity index (χ2n) is 5.43. The first kappa shape index (κ1) is 12.3. The Hall–Kier alpha value is -1.46. The molecule has 4 rings (SSSR count). The fraction of sp³-hybridized carbons (Fsp3) is 0.467. The van der Waals surface area contributed by atoms with E-state index in [1.807, 2.05) is 12.1 Å². The van der Waals surface area contributed by atoms with Gasteiger partial charge in [-0.1, -0.05) is 29.5 Å². The van der Waals surface area contributed by atoms with E-state index in [-0.39, 0.29) is 6.10 Å². The van der Waals surface area contributed by atoms with E-state index in [1.165, 1.54) is 18.4 Å². The van der Waals surface area contributed by atoms with Crippen molar-refractivity contribution in [2.45, 2.75) is 37.8 Å². The number of hydrogen-bond donors (Lipinski definition) is 1. The topological polar surface area (TPSA) is 47.0 Å². The van der Waals surface area contributed by atoms with Crippen molar-refractivity contribution in [1.82, 2.24) is 15.5 Å². The van der Waals surface area contributed by atoms with Crippen molar-refractivity contribution >= 4 is 11.3 Å². The molecule has 0 spiro atoms. The molecule has 0 saturated heterocycles. The van der Waals surface area contributed by atoms with Gasteiger partial charge in [0.25, 0.3) is 0 Å². The van der Waals surface area contributed by atoms with Gasteiger partial charge in [0.15, 0.2) is 11.1 Å². The highest BCUT2D eigenvalue weighted by Crippen LogP contribution is 2.37. The minimum Gasteiger partial charge on any atom is -0.483 e. The van der Waals surface area contributed by atoms with Gasteiger partial charge in [0.2, 0.25) is 0 Å². The second-order valence-corrected chi connectivity index (χ2v) is 6.52. The largest absolute Gasteiger partial charge is 0.483 e. The van der Waals surface area contributed by atoms with Crippen LogP contribution in [0.15, 0.2) is 24.3 Å². The molecule has 1 fully saturated rings. The number of ether oxygens (including phenoxy) is 1. The number of hydrogen-bond acceptors (Lipinski definition) is 5. The Kier molecular flexibility index (Phi) is 3.16. The quantitative estimate of drug-likeness (QED) is 0.918. The summed E-state index contributed by atoms with van der Waals surface area (Å²) in [6, 6.07) is 8.97. The SMILES string of the molecule is c1ccc2c(c1)CC(c1nnc(CCNC3CC3)s1)O2. The highest BCUT2D eigenvalue weighted by molar-refractivity contribution is 7.11. The molecule has 1 saturated carbocycles. The number of para-hydroxylation sites is 1. The highest BCUT2D eigenvalue weighted by atomic mass is 32.1. The zero-order chi connectivity index (χ0) is 13.4. The fourth-order valence-electron chi connectivity index (χ4n) is 2.49. The van der Waals surface area contributed by atoms with E-state index in [0.717, 1.165) is 41.2 Å². The van der Waals surface area contributed by atoms with Gasteiger partial charge in [-0.15, -0.1) is 10.2 Å². The van der Waals surface area contributed by atoms with Crippen molar-refractivity contribution in [1.29, 1.82) is 0 Å². The molecule has 0 radical (unpaired) electrons. The summed E-state index contributed by atoms with van der Waals surface area (Å²) in [6.07, 6.45) is 4.58. The molecule has 0 amide bonds. The number of benzene rings is 1. The predicted molar refractivity (Wildman–Crippen MR) is 78.2 cm³/mol. The van der Waals surface area contributed by atoms with Gasteiger partial charge in [-0.05, 0) is 24.5 Å². The molecule has 1 unspecified atom stereocenters. The Morgan fingerprint density at radius 1 is 1.25 bits per heavy atom. The molecule has 1 atom stereocenters. The Morgan fingerprint density at radius 3 is 3.00 bits per heavy atom. The Bertz CT molecular complexity index is 584. The number of nitrogens with zero attached hydrogens (tertiary/aromatic N) is 2. The van der Waals surface area contributed by atoms with Crippen molar-refractivity contribution in [3.8, 4) is 5.75 Å². The first-order valence-electron chi connectivity index (χ1n) is 7.19. The van der Waals surface area contributed by atoms with Crippen molar-refractivity contribution in [3.63, 3.8) is 0 Å². The minimum absolute atomic E-state index is 0.0510. The van der Waals surface area contributed by atoms with Crippen LogP contribution >= 0.6 is 11.3 Å². The zero-order valence-electron chi connectivity index (χ0n) is 11.2. The van der Waals surface area contributed by atoms with E-state index < -0.39 is 0 Å². The summed E-state index contributed by atoms with van der Waals surface area (Å²) in [5.41, 5.74) is 1.27. The average Bonchev–Trinajstić information content (AvgIpc) is 3.01. The molecule has 1 aliphatic carbocycles. The molecule has 2 aromatic rings. The Morgan fingerprint density at radius 2 is 2.15 bits per heavy atom. The van der Waals surface area contributed by atoms with E-state index in [1.54, 1.807) is 11.3 Å². The molecule has 104 valence electrons. The standard InChI is InChI=1S/C15H17N3OS/c1-2-4-12-10(3-1)9-13(19-12)15-18-17-14(20-15)7-8-16-11-5-6-11/h1-4,11,13,16H,5-9H2. The van der Waals surface area contributed by atoms with E-state index >= 15 is 0 Å². The molecule has 4 nitrogen and oxygen atoms in total. The third-order valence-corrected chi connectivity index (χ3v) is 4.83. The van der Waals surface area contributed by atoms with Gasteiger partial charge in [-0.25, -0.2) is 0 Å². The molecule has 2 heterocycles. The molecule has 0 bridgehead atoms. The van der Waals surface area contributed by atoms with Crippen LogP contribution in [-0.4, -0.2) is 22.8 Å². The maximum atomic E-state index is 5.95. The predicted octanol–water partition coefficient (Wildman–Crippen LogP) is 2.51. The van der Waals surface area contributed by atoms with E-state index in [0.29, 0.717) is 0 Å². The molecular formula is C15H17N3OS. The highest BCUT2D eigenvalue weighted by Gasteiger charge is 2.27. The van der Waals surface area contributed by atoms with Crippen LogP contribution in [0, 0.1) is 0 Å². The average molecular weight is 287 g/mol. The summed E-state index contributed by atoms with van der Waals surface area (Å²) >= 11 is 1.69. The lowest BCUT2D eigenvalue weighted by atomic mass is 10.1. The molecule has 1 aromatic carbocycles. The van der Waals surface area contributed by atoms with Crippen LogP contribution in [-0.2, 0) is 12.8 Å². The maximum Gasteiger partial charge on any atom is 0.158 e.